The third kappa shape index (κ3) is 3.78. The van der Waals surface area contributed by atoms with E-state index in [9.17, 15) is 4.79 Å². The Hall–Kier alpha value is -2.27. The average molecular weight is 366 g/mol. The zero-order chi connectivity index (χ0) is 17.9. The predicted octanol–water partition coefficient (Wildman–Crippen LogP) is 5.58. The lowest BCUT2D eigenvalue weighted by Crippen LogP contribution is -2.18. The van der Waals surface area contributed by atoms with Gasteiger partial charge in [-0.1, -0.05) is 30.6 Å². The number of hydrogen-bond acceptors (Lipinski definition) is 4. The molecule has 0 unspecified atom stereocenters. The van der Waals surface area contributed by atoms with Crippen LogP contribution >= 0.6 is 11.3 Å². The molecule has 134 valence electrons. The van der Waals surface area contributed by atoms with E-state index in [1.165, 1.54) is 32.1 Å². The number of amides is 1. The van der Waals surface area contributed by atoms with Gasteiger partial charge in [-0.2, -0.15) is 0 Å². The van der Waals surface area contributed by atoms with E-state index in [0.717, 1.165) is 32.2 Å². The maximum absolute atomic E-state index is 12.4. The lowest BCUT2D eigenvalue weighted by molar-refractivity contribution is -0.117. The molecular formula is C21H23N3OS. The minimum absolute atomic E-state index is 0.136. The third-order valence-electron chi connectivity index (χ3n) is 5.11. The molecule has 1 saturated carbocycles. The SMILES string of the molecule is Cc1cc(-c2nc3cccnc3s2)ccc1NC(=O)CC1CCCCC1. The van der Waals surface area contributed by atoms with Crippen LogP contribution in [0.3, 0.4) is 0 Å². The molecule has 26 heavy (non-hydrogen) atoms. The number of carbonyl (C=O) groups excluding carboxylic acids is 1. The van der Waals surface area contributed by atoms with Crippen LogP contribution in [0.4, 0.5) is 5.69 Å². The molecule has 0 saturated heterocycles. The van der Waals surface area contributed by atoms with Crippen LogP contribution in [-0.4, -0.2) is 15.9 Å². The highest BCUT2D eigenvalue weighted by Crippen LogP contribution is 2.31. The van der Waals surface area contributed by atoms with E-state index < -0.39 is 0 Å². The number of thiazole rings is 1. The van der Waals surface area contributed by atoms with Crippen LogP contribution in [0.1, 0.15) is 44.1 Å². The first-order valence-electron chi connectivity index (χ1n) is 9.31. The maximum Gasteiger partial charge on any atom is 0.224 e. The molecule has 0 aliphatic heterocycles. The Labute approximate surface area is 157 Å². The number of nitrogens with zero attached hydrogens (tertiary/aromatic N) is 2. The fraction of sp³-hybridized carbons (Fsp3) is 0.381. The van der Waals surface area contributed by atoms with Gasteiger partial charge < -0.3 is 5.32 Å². The van der Waals surface area contributed by atoms with Gasteiger partial charge >= 0.3 is 0 Å². The summed E-state index contributed by atoms with van der Waals surface area (Å²) in [6, 6.07) is 9.99. The zero-order valence-electron chi connectivity index (χ0n) is 15.0. The summed E-state index contributed by atoms with van der Waals surface area (Å²) in [6.45, 7) is 2.03. The number of hydrogen-bond donors (Lipinski definition) is 1. The van der Waals surface area contributed by atoms with Gasteiger partial charge in [0.15, 0.2) is 0 Å². The Morgan fingerprint density at radius 2 is 2.08 bits per heavy atom. The van der Waals surface area contributed by atoms with E-state index >= 15 is 0 Å². The van der Waals surface area contributed by atoms with E-state index in [1.54, 1.807) is 17.5 Å². The summed E-state index contributed by atoms with van der Waals surface area (Å²) in [5.41, 5.74) is 3.95. The van der Waals surface area contributed by atoms with Crippen LogP contribution in [0, 0.1) is 12.8 Å². The van der Waals surface area contributed by atoms with E-state index in [-0.39, 0.29) is 5.91 Å². The van der Waals surface area contributed by atoms with Crippen molar-refractivity contribution in [2.24, 2.45) is 5.92 Å². The summed E-state index contributed by atoms with van der Waals surface area (Å²) in [7, 11) is 0. The standard InChI is InChI=1S/C21H23N3OS/c1-14-12-16(20-24-18-8-5-11-22-21(18)26-20)9-10-17(14)23-19(25)13-15-6-3-2-4-7-15/h5,8-12,15H,2-4,6-7,13H2,1H3,(H,23,25). The Morgan fingerprint density at radius 1 is 1.23 bits per heavy atom. The molecule has 0 bridgehead atoms. The molecule has 2 aromatic heterocycles. The first-order chi connectivity index (χ1) is 12.7. The summed E-state index contributed by atoms with van der Waals surface area (Å²) < 4.78 is 0. The highest BCUT2D eigenvalue weighted by molar-refractivity contribution is 7.21. The molecule has 1 aromatic carbocycles. The molecule has 4 rings (SSSR count). The van der Waals surface area contributed by atoms with Crippen LogP contribution in [0.25, 0.3) is 20.9 Å². The third-order valence-corrected chi connectivity index (χ3v) is 6.14. The van der Waals surface area contributed by atoms with Crippen molar-refractivity contribution >= 4 is 33.3 Å². The van der Waals surface area contributed by atoms with Crippen molar-refractivity contribution in [1.82, 2.24) is 9.97 Å². The lowest BCUT2D eigenvalue weighted by Gasteiger charge is -2.21. The molecule has 1 aliphatic carbocycles. The largest absolute Gasteiger partial charge is 0.326 e. The van der Waals surface area contributed by atoms with Crippen molar-refractivity contribution in [2.75, 3.05) is 5.32 Å². The molecule has 5 heteroatoms. The molecule has 1 amide bonds. The number of aromatic nitrogens is 2. The second-order valence-corrected chi connectivity index (χ2v) is 8.11. The summed E-state index contributed by atoms with van der Waals surface area (Å²) in [5, 5.41) is 4.05. The van der Waals surface area contributed by atoms with Crippen LogP contribution < -0.4 is 5.32 Å². The molecule has 3 aromatic rings. The highest BCUT2D eigenvalue weighted by Gasteiger charge is 2.17. The lowest BCUT2D eigenvalue weighted by atomic mass is 9.87. The minimum atomic E-state index is 0.136. The minimum Gasteiger partial charge on any atom is -0.326 e. The van der Waals surface area contributed by atoms with Crippen molar-refractivity contribution in [3.05, 3.63) is 42.1 Å². The van der Waals surface area contributed by atoms with Gasteiger partial charge in [-0.3, -0.25) is 4.79 Å². The first-order valence-corrected chi connectivity index (χ1v) is 10.1. The molecule has 0 atom stereocenters. The molecule has 1 aliphatic rings. The van der Waals surface area contributed by atoms with Crippen LogP contribution in [-0.2, 0) is 4.79 Å². The van der Waals surface area contributed by atoms with Crippen molar-refractivity contribution in [3.8, 4) is 10.6 Å². The van der Waals surface area contributed by atoms with E-state index in [1.807, 2.05) is 31.2 Å². The van der Waals surface area contributed by atoms with Crippen LogP contribution in [0.2, 0.25) is 0 Å². The van der Waals surface area contributed by atoms with Crippen molar-refractivity contribution in [3.63, 3.8) is 0 Å². The molecular weight excluding hydrogens is 342 g/mol. The quantitative estimate of drug-likeness (QED) is 0.657. The number of carbonyl (C=O) groups is 1. The van der Waals surface area contributed by atoms with Gasteiger partial charge in [-0.15, -0.1) is 0 Å². The van der Waals surface area contributed by atoms with Gasteiger partial charge in [0, 0.05) is 23.9 Å². The van der Waals surface area contributed by atoms with Crippen LogP contribution in [0.15, 0.2) is 36.5 Å². The van der Waals surface area contributed by atoms with Gasteiger partial charge in [0.2, 0.25) is 5.91 Å². The fourth-order valence-corrected chi connectivity index (χ4v) is 4.59. The second-order valence-electron chi connectivity index (χ2n) is 7.13. The predicted molar refractivity (Wildman–Crippen MR) is 107 cm³/mol. The number of aryl methyl sites for hydroxylation is 1. The number of benzene rings is 1. The molecule has 0 radical (unpaired) electrons. The Balaban J connectivity index is 1.47. The number of nitrogens with one attached hydrogen (secondary N) is 1. The topological polar surface area (TPSA) is 54.9 Å². The number of fused-ring (bicyclic) bond motifs is 1. The molecule has 1 fully saturated rings. The number of anilines is 1. The van der Waals surface area contributed by atoms with Crippen molar-refractivity contribution in [2.45, 2.75) is 45.4 Å². The maximum atomic E-state index is 12.4. The Bertz CT molecular complexity index is 895. The zero-order valence-corrected chi connectivity index (χ0v) is 15.8. The molecule has 1 N–H and O–H groups in total. The van der Waals surface area contributed by atoms with Gasteiger partial charge in [-0.25, -0.2) is 9.97 Å². The first kappa shape index (κ1) is 17.2. The monoisotopic (exact) mass is 365 g/mol. The van der Waals surface area contributed by atoms with Crippen LogP contribution in [0.5, 0.6) is 0 Å². The van der Waals surface area contributed by atoms with Gasteiger partial charge in [-0.05, 0) is 61.6 Å². The Morgan fingerprint density at radius 3 is 2.85 bits per heavy atom. The summed E-state index contributed by atoms with van der Waals surface area (Å²) in [4.78, 5) is 22.3. The summed E-state index contributed by atoms with van der Waals surface area (Å²) >= 11 is 1.59. The highest BCUT2D eigenvalue weighted by atomic mass is 32.1. The van der Waals surface area contributed by atoms with E-state index in [2.05, 4.69) is 21.4 Å². The number of rotatable bonds is 4. The Kier molecular flexibility index (Phi) is 4.98. The molecule has 4 nitrogen and oxygen atoms in total. The fourth-order valence-electron chi connectivity index (χ4n) is 3.68. The van der Waals surface area contributed by atoms with Gasteiger partial charge in [0.05, 0.1) is 0 Å². The molecule has 2 heterocycles. The summed E-state index contributed by atoms with van der Waals surface area (Å²) in [6.07, 6.45) is 8.67. The summed E-state index contributed by atoms with van der Waals surface area (Å²) in [5.74, 6) is 0.690. The van der Waals surface area contributed by atoms with Crippen molar-refractivity contribution in [1.29, 1.82) is 0 Å². The van der Waals surface area contributed by atoms with Gasteiger partial charge in [0.1, 0.15) is 15.4 Å². The average Bonchev–Trinajstić information content (AvgIpc) is 3.08. The smallest absolute Gasteiger partial charge is 0.224 e. The van der Waals surface area contributed by atoms with E-state index in [0.29, 0.717) is 12.3 Å². The normalized spacial score (nSPS) is 15.3. The molecule has 0 spiro atoms. The van der Waals surface area contributed by atoms with Crippen molar-refractivity contribution < 1.29 is 4.79 Å². The van der Waals surface area contributed by atoms with Gasteiger partial charge in [0.25, 0.3) is 0 Å². The number of pyridine rings is 1. The second kappa shape index (κ2) is 7.54. The van der Waals surface area contributed by atoms with E-state index in [4.69, 9.17) is 0 Å².